The van der Waals surface area contributed by atoms with Crippen LogP contribution < -0.4 is 5.32 Å². The average Bonchev–Trinajstić information content (AvgIpc) is 2.76. The van der Waals surface area contributed by atoms with Gasteiger partial charge in [0.15, 0.2) is 0 Å². The molecule has 90 valence electrons. The molecule has 0 saturated carbocycles. The first-order valence-corrected chi connectivity index (χ1v) is 5.74. The third-order valence-corrected chi connectivity index (χ3v) is 2.72. The summed E-state index contributed by atoms with van der Waals surface area (Å²) >= 11 is 0. The van der Waals surface area contributed by atoms with E-state index in [0.717, 1.165) is 0 Å². The minimum atomic E-state index is 0.0914. The highest BCUT2D eigenvalue weighted by Crippen LogP contribution is 2.13. The number of rotatable bonds is 4. The molecule has 0 aliphatic heterocycles. The maximum atomic E-state index is 5.60. The van der Waals surface area contributed by atoms with Crippen LogP contribution in [0, 0.1) is 6.92 Å². The van der Waals surface area contributed by atoms with Crippen molar-refractivity contribution in [3.63, 3.8) is 0 Å². The Morgan fingerprint density at radius 3 is 2.88 bits per heavy atom. The SMILES string of the molecule is CNC(C)c1nnc(Cc2cccc(C)c2)o1. The van der Waals surface area contributed by atoms with Crippen molar-refractivity contribution in [1.29, 1.82) is 0 Å². The molecule has 4 nitrogen and oxygen atoms in total. The van der Waals surface area contributed by atoms with Gasteiger partial charge >= 0.3 is 0 Å². The van der Waals surface area contributed by atoms with Crippen LogP contribution >= 0.6 is 0 Å². The molecule has 17 heavy (non-hydrogen) atoms. The van der Waals surface area contributed by atoms with Gasteiger partial charge in [-0.15, -0.1) is 10.2 Å². The van der Waals surface area contributed by atoms with Crippen LogP contribution in [0.5, 0.6) is 0 Å². The van der Waals surface area contributed by atoms with Gasteiger partial charge in [-0.05, 0) is 26.5 Å². The molecular formula is C13H17N3O. The zero-order valence-corrected chi connectivity index (χ0v) is 10.4. The molecule has 0 fully saturated rings. The third-order valence-electron chi connectivity index (χ3n) is 2.72. The lowest BCUT2D eigenvalue weighted by Crippen LogP contribution is -2.12. The second kappa shape index (κ2) is 5.10. The van der Waals surface area contributed by atoms with E-state index < -0.39 is 0 Å². The van der Waals surface area contributed by atoms with Crippen molar-refractivity contribution in [3.8, 4) is 0 Å². The van der Waals surface area contributed by atoms with E-state index in [1.54, 1.807) is 0 Å². The summed E-state index contributed by atoms with van der Waals surface area (Å²) in [4.78, 5) is 0. The van der Waals surface area contributed by atoms with Crippen molar-refractivity contribution in [2.45, 2.75) is 26.3 Å². The molecule has 1 unspecified atom stereocenters. The molecular weight excluding hydrogens is 214 g/mol. The first kappa shape index (κ1) is 11.8. The van der Waals surface area contributed by atoms with Gasteiger partial charge in [0.05, 0.1) is 12.5 Å². The maximum absolute atomic E-state index is 5.60. The minimum Gasteiger partial charge on any atom is -0.423 e. The Morgan fingerprint density at radius 1 is 1.35 bits per heavy atom. The zero-order chi connectivity index (χ0) is 12.3. The quantitative estimate of drug-likeness (QED) is 0.876. The van der Waals surface area contributed by atoms with Crippen LogP contribution in [0.15, 0.2) is 28.7 Å². The summed E-state index contributed by atoms with van der Waals surface area (Å²) in [6.45, 7) is 4.07. The predicted molar refractivity (Wildman–Crippen MR) is 65.8 cm³/mol. The number of hydrogen-bond donors (Lipinski definition) is 1. The average molecular weight is 231 g/mol. The lowest BCUT2D eigenvalue weighted by Gasteiger charge is -2.02. The number of nitrogens with one attached hydrogen (secondary N) is 1. The van der Waals surface area contributed by atoms with Gasteiger partial charge in [0.2, 0.25) is 11.8 Å². The first-order valence-electron chi connectivity index (χ1n) is 5.74. The van der Waals surface area contributed by atoms with Crippen molar-refractivity contribution in [3.05, 3.63) is 47.2 Å². The number of aryl methyl sites for hydroxylation is 1. The Hall–Kier alpha value is -1.68. The fourth-order valence-corrected chi connectivity index (χ4v) is 1.63. The van der Waals surface area contributed by atoms with Gasteiger partial charge in [0.1, 0.15) is 0 Å². The second-order valence-corrected chi connectivity index (χ2v) is 4.21. The molecule has 4 heteroatoms. The van der Waals surface area contributed by atoms with Crippen molar-refractivity contribution < 1.29 is 4.42 Å². The van der Waals surface area contributed by atoms with Crippen molar-refractivity contribution in [2.75, 3.05) is 7.05 Å². The first-order chi connectivity index (χ1) is 8.19. The predicted octanol–water partition coefficient (Wildman–Crippen LogP) is 2.25. The summed E-state index contributed by atoms with van der Waals surface area (Å²) in [6, 6.07) is 8.40. The number of hydrogen-bond acceptors (Lipinski definition) is 4. The molecule has 1 aromatic carbocycles. The normalized spacial score (nSPS) is 12.6. The van der Waals surface area contributed by atoms with E-state index in [1.165, 1.54) is 11.1 Å². The molecule has 0 radical (unpaired) electrons. The van der Waals surface area contributed by atoms with E-state index in [0.29, 0.717) is 18.2 Å². The zero-order valence-electron chi connectivity index (χ0n) is 10.4. The van der Waals surface area contributed by atoms with Crippen LogP contribution in [0.4, 0.5) is 0 Å². The number of nitrogens with zero attached hydrogens (tertiary/aromatic N) is 2. The lowest BCUT2D eigenvalue weighted by molar-refractivity contribution is 0.410. The van der Waals surface area contributed by atoms with Gasteiger partial charge in [0, 0.05) is 0 Å². The van der Waals surface area contributed by atoms with E-state index in [9.17, 15) is 0 Å². The highest BCUT2D eigenvalue weighted by molar-refractivity contribution is 5.24. The van der Waals surface area contributed by atoms with Gasteiger partial charge in [0.25, 0.3) is 0 Å². The molecule has 0 bridgehead atoms. The molecule has 1 heterocycles. The molecule has 2 rings (SSSR count). The van der Waals surface area contributed by atoms with E-state index in [-0.39, 0.29) is 6.04 Å². The summed E-state index contributed by atoms with van der Waals surface area (Å²) in [5.74, 6) is 1.29. The summed E-state index contributed by atoms with van der Waals surface area (Å²) < 4.78 is 5.60. The Morgan fingerprint density at radius 2 is 2.18 bits per heavy atom. The third kappa shape index (κ3) is 2.91. The smallest absolute Gasteiger partial charge is 0.233 e. The van der Waals surface area contributed by atoms with Gasteiger partial charge < -0.3 is 9.73 Å². The lowest BCUT2D eigenvalue weighted by atomic mass is 10.1. The monoisotopic (exact) mass is 231 g/mol. The second-order valence-electron chi connectivity index (χ2n) is 4.21. The number of aromatic nitrogens is 2. The Kier molecular flexibility index (Phi) is 3.54. The van der Waals surface area contributed by atoms with Crippen molar-refractivity contribution >= 4 is 0 Å². The van der Waals surface area contributed by atoms with Gasteiger partial charge in [-0.1, -0.05) is 29.8 Å². The van der Waals surface area contributed by atoms with Crippen LogP contribution in [-0.2, 0) is 6.42 Å². The van der Waals surface area contributed by atoms with E-state index in [4.69, 9.17) is 4.42 Å². The molecule has 2 aromatic rings. The molecule has 0 amide bonds. The van der Waals surface area contributed by atoms with E-state index >= 15 is 0 Å². The van der Waals surface area contributed by atoms with Gasteiger partial charge in [-0.3, -0.25) is 0 Å². The fourth-order valence-electron chi connectivity index (χ4n) is 1.63. The van der Waals surface area contributed by atoms with Crippen LogP contribution in [0.3, 0.4) is 0 Å². The standard InChI is InChI=1S/C13H17N3O/c1-9-5-4-6-11(7-9)8-12-15-16-13(17-12)10(2)14-3/h4-7,10,14H,8H2,1-3H3. The van der Waals surface area contributed by atoms with E-state index in [2.05, 4.69) is 40.6 Å². The maximum Gasteiger partial charge on any atom is 0.233 e. The van der Waals surface area contributed by atoms with Crippen molar-refractivity contribution in [2.24, 2.45) is 0 Å². The van der Waals surface area contributed by atoms with Crippen LogP contribution in [0.2, 0.25) is 0 Å². The summed E-state index contributed by atoms with van der Waals surface area (Å²) in [6.07, 6.45) is 0.686. The Balaban J connectivity index is 2.11. The summed E-state index contributed by atoms with van der Waals surface area (Å²) in [7, 11) is 1.87. The highest BCUT2D eigenvalue weighted by atomic mass is 16.4. The van der Waals surface area contributed by atoms with Crippen LogP contribution in [-0.4, -0.2) is 17.2 Å². The molecule has 1 N–H and O–H groups in total. The highest BCUT2D eigenvalue weighted by Gasteiger charge is 2.11. The topological polar surface area (TPSA) is 51.0 Å². The molecule has 0 aliphatic rings. The molecule has 0 saturated heterocycles. The van der Waals surface area contributed by atoms with Crippen LogP contribution in [0.1, 0.15) is 35.9 Å². The summed E-state index contributed by atoms with van der Waals surface area (Å²) in [5, 5.41) is 11.2. The molecule has 0 spiro atoms. The fraction of sp³-hybridized carbons (Fsp3) is 0.385. The van der Waals surface area contributed by atoms with Crippen molar-refractivity contribution in [1.82, 2.24) is 15.5 Å². The van der Waals surface area contributed by atoms with Crippen LogP contribution in [0.25, 0.3) is 0 Å². The van der Waals surface area contributed by atoms with Gasteiger partial charge in [-0.2, -0.15) is 0 Å². The summed E-state index contributed by atoms with van der Waals surface area (Å²) in [5.41, 5.74) is 2.43. The Labute approximate surface area is 101 Å². The molecule has 1 atom stereocenters. The van der Waals surface area contributed by atoms with Gasteiger partial charge in [-0.25, -0.2) is 0 Å². The minimum absolute atomic E-state index is 0.0914. The molecule has 0 aliphatic carbocycles. The largest absolute Gasteiger partial charge is 0.423 e. The molecule has 1 aromatic heterocycles. The van der Waals surface area contributed by atoms with E-state index in [1.807, 2.05) is 20.0 Å². The number of benzene rings is 1. The Bertz CT molecular complexity index is 493.